The number of carbonyl (C=O) groups is 1. The van der Waals surface area contributed by atoms with Crippen LogP contribution in [0.1, 0.15) is 25.8 Å². The summed E-state index contributed by atoms with van der Waals surface area (Å²) in [5, 5.41) is 3.27. The molecular formula is C15H23N3OS2. The summed E-state index contributed by atoms with van der Waals surface area (Å²) in [5.41, 5.74) is 7.56. The van der Waals surface area contributed by atoms with Gasteiger partial charge in [-0.25, -0.2) is 0 Å². The third-order valence-electron chi connectivity index (χ3n) is 3.26. The van der Waals surface area contributed by atoms with Crippen LogP contribution in [0.3, 0.4) is 0 Å². The van der Waals surface area contributed by atoms with E-state index in [1.165, 1.54) is 0 Å². The third kappa shape index (κ3) is 4.89. The molecule has 0 fully saturated rings. The van der Waals surface area contributed by atoms with E-state index in [4.69, 9.17) is 18.0 Å². The van der Waals surface area contributed by atoms with E-state index in [9.17, 15) is 4.79 Å². The van der Waals surface area contributed by atoms with Gasteiger partial charge in [-0.1, -0.05) is 18.3 Å². The summed E-state index contributed by atoms with van der Waals surface area (Å²) in [7, 11) is 0. The van der Waals surface area contributed by atoms with Gasteiger partial charge in [-0.2, -0.15) is 0 Å². The molecule has 0 spiro atoms. The van der Waals surface area contributed by atoms with E-state index in [2.05, 4.69) is 5.32 Å². The van der Waals surface area contributed by atoms with Crippen LogP contribution in [0, 0.1) is 0 Å². The van der Waals surface area contributed by atoms with Crippen molar-refractivity contribution in [3.05, 3.63) is 23.8 Å². The Balaban J connectivity index is 2.72. The maximum absolute atomic E-state index is 12.0. The lowest BCUT2D eigenvalue weighted by molar-refractivity contribution is -0.130. The molecule has 0 saturated carbocycles. The van der Waals surface area contributed by atoms with Crippen LogP contribution in [0.2, 0.25) is 0 Å². The summed E-state index contributed by atoms with van der Waals surface area (Å²) in [5.74, 6) is 0.158. The Labute approximate surface area is 136 Å². The van der Waals surface area contributed by atoms with Gasteiger partial charge in [0.2, 0.25) is 5.91 Å². The van der Waals surface area contributed by atoms with Gasteiger partial charge in [-0.05, 0) is 32.2 Å². The van der Waals surface area contributed by atoms with Gasteiger partial charge in [0.15, 0.2) is 0 Å². The van der Waals surface area contributed by atoms with Gasteiger partial charge < -0.3 is 16.0 Å². The van der Waals surface area contributed by atoms with E-state index in [-0.39, 0.29) is 5.91 Å². The molecule has 1 rings (SSSR count). The largest absolute Gasteiger partial charge is 0.389 e. The number of nitrogens with zero attached hydrogens (tertiary/aromatic N) is 1. The van der Waals surface area contributed by atoms with Gasteiger partial charge in [-0.3, -0.25) is 4.79 Å². The van der Waals surface area contributed by atoms with Crippen molar-refractivity contribution in [2.24, 2.45) is 5.73 Å². The molecule has 4 nitrogen and oxygen atoms in total. The first-order valence-electron chi connectivity index (χ1n) is 7.03. The number of rotatable bonds is 8. The molecule has 21 heavy (non-hydrogen) atoms. The predicted molar refractivity (Wildman–Crippen MR) is 95.1 cm³/mol. The molecule has 1 amide bonds. The Bertz CT molecular complexity index is 502. The van der Waals surface area contributed by atoms with Gasteiger partial charge in [0, 0.05) is 42.2 Å². The van der Waals surface area contributed by atoms with Crippen LogP contribution in [-0.4, -0.2) is 41.7 Å². The van der Waals surface area contributed by atoms with Crippen molar-refractivity contribution in [1.82, 2.24) is 4.90 Å². The van der Waals surface area contributed by atoms with E-state index >= 15 is 0 Å². The number of hydrogen-bond acceptors (Lipinski definition) is 4. The lowest BCUT2D eigenvalue weighted by Crippen LogP contribution is -2.31. The highest BCUT2D eigenvalue weighted by atomic mass is 32.2. The summed E-state index contributed by atoms with van der Waals surface area (Å²) in [6.45, 7) is 6.04. The first-order chi connectivity index (χ1) is 10.0. The molecule has 6 heteroatoms. The smallest absolute Gasteiger partial charge is 0.224 e. The van der Waals surface area contributed by atoms with Gasteiger partial charge in [-0.15, -0.1) is 11.8 Å². The highest BCUT2D eigenvalue weighted by Gasteiger charge is 2.12. The quantitative estimate of drug-likeness (QED) is 0.568. The fraction of sp³-hybridized carbons (Fsp3) is 0.467. The van der Waals surface area contributed by atoms with E-state index in [1.807, 2.05) is 43.2 Å². The standard InChI is InChI=1S/C15H23N3OS2/c1-4-18(5-2)13(19)9-10-17-11-7-6-8-12(21-3)14(11)15(16)20/h6-8,17H,4-5,9-10H2,1-3H3,(H2,16,20). The third-order valence-corrected chi connectivity index (χ3v) is 4.25. The van der Waals surface area contributed by atoms with Crippen LogP contribution in [0.5, 0.6) is 0 Å². The highest BCUT2D eigenvalue weighted by molar-refractivity contribution is 7.98. The van der Waals surface area contributed by atoms with Crippen LogP contribution in [0.15, 0.2) is 23.1 Å². The normalized spacial score (nSPS) is 10.2. The van der Waals surface area contributed by atoms with Crippen molar-refractivity contribution in [3.8, 4) is 0 Å². The molecule has 0 radical (unpaired) electrons. The average molecular weight is 326 g/mol. The molecule has 1 aromatic carbocycles. The van der Waals surface area contributed by atoms with Crippen molar-refractivity contribution < 1.29 is 4.79 Å². The minimum absolute atomic E-state index is 0.158. The number of hydrogen-bond donors (Lipinski definition) is 2. The van der Waals surface area contributed by atoms with Crippen molar-refractivity contribution >= 4 is 40.6 Å². The fourth-order valence-corrected chi connectivity index (χ4v) is 3.06. The Morgan fingerprint density at radius 2 is 2.05 bits per heavy atom. The number of amides is 1. The summed E-state index contributed by atoms with van der Waals surface area (Å²) in [6.07, 6.45) is 2.45. The minimum Gasteiger partial charge on any atom is -0.389 e. The topological polar surface area (TPSA) is 58.4 Å². The number of carbonyl (C=O) groups excluding carboxylic acids is 1. The molecular weight excluding hydrogens is 302 g/mol. The summed E-state index contributed by atoms with van der Waals surface area (Å²) >= 11 is 6.74. The molecule has 116 valence electrons. The van der Waals surface area contributed by atoms with E-state index in [0.29, 0.717) is 18.0 Å². The second kappa shape index (κ2) is 8.89. The number of nitrogens with two attached hydrogens (primary N) is 1. The van der Waals surface area contributed by atoms with Crippen LogP contribution >= 0.6 is 24.0 Å². The predicted octanol–water partition coefficient (Wildman–Crippen LogP) is 2.71. The maximum Gasteiger partial charge on any atom is 0.224 e. The van der Waals surface area contributed by atoms with Crippen molar-refractivity contribution in [2.75, 3.05) is 31.2 Å². The van der Waals surface area contributed by atoms with Crippen molar-refractivity contribution in [1.29, 1.82) is 0 Å². The van der Waals surface area contributed by atoms with Crippen LogP contribution in [0.4, 0.5) is 5.69 Å². The van der Waals surface area contributed by atoms with Crippen LogP contribution in [0.25, 0.3) is 0 Å². The van der Waals surface area contributed by atoms with Crippen molar-refractivity contribution in [2.45, 2.75) is 25.2 Å². The van der Waals surface area contributed by atoms with E-state index in [1.54, 1.807) is 11.8 Å². The second-order valence-corrected chi connectivity index (χ2v) is 5.78. The van der Waals surface area contributed by atoms with Gasteiger partial charge in [0.25, 0.3) is 0 Å². The van der Waals surface area contributed by atoms with E-state index < -0.39 is 0 Å². The monoisotopic (exact) mass is 325 g/mol. The van der Waals surface area contributed by atoms with Gasteiger partial charge in [0.1, 0.15) is 4.99 Å². The SMILES string of the molecule is CCN(CC)C(=O)CCNc1cccc(SC)c1C(N)=S. The Morgan fingerprint density at radius 1 is 1.38 bits per heavy atom. The van der Waals surface area contributed by atoms with Gasteiger partial charge in [0.05, 0.1) is 0 Å². The number of anilines is 1. The van der Waals surface area contributed by atoms with Crippen LogP contribution in [-0.2, 0) is 4.79 Å². The summed E-state index contributed by atoms with van der Waals surface area (Å²) in [4.78, 5) is 15.2. The summed E-state index contributed by atoms with van der Waals surface area (Å²) in [6, 6.07) is 5.89. The first-order valence-corrected chi connectivity index (χ1v) is 8.66. The minimum atomic E-state index is 0.158. The van der Waals surface area contributed by atoms with E-state index in [0.717, 1.165) is 29.2 Å². The molecule has 0 aliphatic heterocycles. The van der Waals surface area contributed by atoms with Crippen molar-refractivity contribution in [3.63, 3.8) is 0 Å². The molecule has 0 atom stereocenters. The van der Waals surface area contributed by atoms with Gasteiger partial charge >= 0.3 is 0 Å². The molecule has 0 heterocycles. The maximum atomic E-state index is 12.0. The highest BCUT2D eigenvalue weighted by Crippen LogP contribution is 2.27. The zero-order valence-corrected chi connectivity index (χ0v) is 14.4. The molecule has 0 aromatic heterocycles. The molecule has 0 aliphatic rings. The number of nitrogens with one attached hydrogen (secondary N) is 1. The molecule has 1 aromatic rings. The lowest BCUT2D eigenvalue weighted by atomic mass is 10.1. The molecule has 0 bridgehead atoms. The lowest BCUT2D eigenvalue weighted by Gasteiger charge is -2.19. The average Bonchev–Trinajstić information content (AvgIpc) is 2.47. The fourth-order valence-electron chi connectivity index (χ4n) is 2.14. The first kappa shape index (κ1) is 17.8. The van der Waals surface area contributed by atoms with Crippen LogP contribution < -0.4 is 11.1 Å². The molecule has 0 saturated heterocycles. The molecule has 0 aliphatic carbocycles. The Kier molecular flexibility index (Phi) is 7.53. The molecule has 3 N–H and O–H groups in total. The summed E-state index contributed by atoms with van der Waals surface area (Å²) < 4.78 is 0. The second-order valence-electron chi connectivity index (χ2n) is 4.49. The Hall–Kier alpha value is -1.27. The number of thioether (sulfide) groups is 1. The Morgan fingerprint density at radius 3 is 2.57 bits per heavy atom. The zero-order chi connectivity index (χ0) is 15.8. The molecule has 0 unspecified atom stereocenters. The number of benzene rings is 1. The number of thiocarbonyl (C=S) groups is 1. The zero-order valence-electron chi connectivity index (χ0n) is 12.8.